The average molecular weight is 290 g/mol. The molecule has 2 unspecified atom stereocenters. The van der Waals surface area contributed by atoms with E-state index < -0.39 is 5.82 Å². The second-order valence-electron chi connectivity index (χ2n) is 6.05. The standard InChI is InChI=1S/C14H18Cl2FN/c1-8-6-14(2,3)7-12(8)18-9-4-10(15)13(17)11(16)5-9/h4-5,8,12,18H,6-7H2,1-3H3. The van der Waals surface area contributed by atoms with Gasteiger partial charge in [0.1, 0.15) is 0 Å². The van der Waals surface area contributed by atoms with Crippen molar-refractivity contribution in [1.29, 1.82) is 0 Å². The summed E-state index contributed by atoms with van der Waals surface area (Å²) in [4.78, 5) is 0. The fraction of sp³-hybridized carbons (Fsp3) is 0.571. The van der Waals surface area contributed by atoms with Crippen LogP contribution in [0.1, 0.15) is 33.6 Å². The quantitative estimate of drug-likeness (QED) is 0.722. The third kappa shape index (κ3) is 2.92. The summed E-state index contributed by atoms with van der Waals surface area (Å²) in [5.41, 5.74) is 1.14. The van der Waals surface area contributed by atoms with Gasteiger partial charge in [0.2, 0.25) is 0 Å². The first kappa shape index (κ1) is 14.0. The molecule has 0 heterocycles. The molecule has 2 rings (SSSR count). The highest BCUT2D eigenvalue weighted by atomic mass is 35.5. The molecule has 1 nitrogen and oxygen atoms in total. The lowest BCUT2D eigenvalue weighted by atomic mass is 9.91. The van der Waals surface area contributed by atoms with Crippen LogP contribution in [0.3, 0.4) is 0 Å². The summed E-state index contributed by atoms with van der Waals surface area (Å²) in [6.45, 7) is 6.78. The largest absolute Gasteiger partial charge is 0.382 e. The van der Waals surface area contributed by atoms with Crippen LogP contribution in [0, 0.1) is 17.2 Å². The third-order valence-corrected chi connectivity index (χ3v) is 4.22. The molecule has 0 saturated heterocycles. The maximum atomic E-state index is 13.3. The molecule has 2 atom stereocenters. The van der Waals surface area contributed by atoms with Crippen LogP contribution in [0.15, 0.2) is 12.1 Å². The molecule has 18 heavy (non-hydrogen) atoms. The van der Waals surface area contributed by atoms with Crippen LogP contribution in [0.2, 0.25) is 10.0 Å². The summed E-state index contributed by atoms with van der Waals surface area (Å²) < 4.78 is 13.3. The molecular weight excluding hydrogens is 272 g/mol. The maximum absolute atomic E-state index is 13.3. The number of halogens is 3. The second-order valence-corrected chi connectivity index (χ2v) is 6.87. The van der Waals surface area contributed by atoms with Crippen LogP contribution in [-0.2, 0) is 0 Å². The molecule has 1 N–H and O–H groups in total. The number of rotatable bonds is 2. The van der Waals surface area contributed by atoms with E-state index >= 15 is 0 Å². The lowest BCUT2D eigenvalue weighted by Crippen LogP contribution is -2.22. The van der Waals surface area contributed by atoms with Crippen LogP contribution in [-0.4, -0.2) is 6.04 Å². The van der Waals surface area contributed by atoms with E-state index in [-0.39, 0.29) is 10.0 Å². The molecule has 0 bridgehead atoms. The molecular formula is C14H18Cl2FN. The van der Waals surface area contributed by atoms with Gasteiger partial charge in [-0.05, 0) is 36.3 Å². The topological polar surface area (TPSA) is 12.0 Å². The Kier molecular flexibility index (Phi) is 3.80. The fourth-order valence-corrected chi connectivity index (χ4v) is 3.43. The van der Waals surface area contributed by atoms with Crippen molar-refractivity contribution in [1.82, 2.24) is 0 Å². The lowest BCUT2D eigenvalue weighted by Gasteiger charge is -2.20. The Hall–Kier alpha value is -0.470. The molecule has 0 spiro atoms. The molecule has 1 saturated carbocycles. The Morgan fingerprint density at radius 3 is 2.22 bits per heavy atom. The Morgan fingerprint density at radius 1 is 1.22 bits per heavy atom. The number of nitrogens with one attached hydrogen (secondary N) is 1. The highest BCUT2D eigenvalue weighted by Crippen LogP contribution is 2.42. The van der Waals surface area contributed by atoms with Crippen molar-refractivity contribution in [3.8, 4) is 0 Å². The number of anilines is 1. The summed E-state index contributed by atoms with van der Waals surface area (Å²) >= 11 is 11.6. The lowest BCUT2D eigenvalue weighted by molar-refractivity contribution is 0.366. The minimum atomic E-state index is -0.552. The summed E-state index contributed by atoms with van der Waals surface area (Å²) in [5.74, 6) is 0.0336. The van der Waals surface area contributed by atoms with Gasteiger partial charge in [-0.25, -0.2) is 4.39 Å². The second kappa shape index (κ2) is 4.90. The number of benzene rings is 1. The molecule has 1 aliphatic rings. The summed E-state index contributed by atoms with van der Waals surface area (Å²) in [6, 6.07) is 3.58. The molecule has 100 valence electrons. The minimum absolute atomic E-state index is 0.0647. The minimum Gasteiger partial charge on any atom is -0.382 e. The SMILES string of the molecule is CC1CC(C)(C)CC1Nc1cc(Cl)c(F)c(Cl)c1. The zero-order valence-electron chi connectivity index (χ0n) is 10.9. The van der Waals surface area contributed by atoms with E-state index in [0.29, 0.717) is 17.4 Å². The highest BCUT2D eigenvalue weighted by Gasteiger charge is 2.36. The van der Waals surface area contributed by atoms with E-state index in [2.05, 4.69) is 26.1 Å². The smallest absolute Gasteiger partial charge is 0.160 e. The van der Waals surface area contributed by atoms with E-state index in [0.717, 1.165) is 12.1 Å². The first-order chi connectivity index (χ1) is 8.28. The van der Waals surface area contributed by atoms with Crippen LogP contribution in [0.4, 0.5) is 10.1 Å². The molecule has 1 aromatic carbocycles. The van der Waals surface area contributed by atoms with Gasteiger partial charge >= 0.3 is 0 Å². The van der Waals surface area contributed by atoms with Crippen molar-refractivity contribution in [2.75, 3.05) is 5.32 Å². The van der Waals surface area contributed by atoms with Crippen LogP contribution in [0.25, 0.3) is 0 Å². The van der Waals surface area contributed by atoms with Gasteiger partial charge in [0.15, 0.2) is 5.82 Å². The van der Waals surface area contributed by atoms with Gasteiger partial charge in [-0.3, -0.25) is 0 Å². The Bertz CT molecular complexity index is 436. The van der Waals surface area contributed by atoms with Crippen molar-refractivity contribution in [2.45, 2.75) is 39.7 Å². The normalized spacial score (nSPS) is 26.3. The van der Waals surface area contributed by atoms with E-state index in [4.69, 9.17) is 23.2 Å². The van der Waals surface area contributed by atoms with Gasteiger partial charge in [-0.15, -0.1) is 0 Å². The number of hydrogen-bond acceptors (Lipinski definition) is 1. The van der Waals surface area contributed by atoms with Gasteiger partial charge in [0.05, 0.1) is 10.0 Å². The molecule has 1 fully saturated rings. The number of hydrogen-bond donors (Lipinski definition) is 1. The van der Waals surface area contributed by atoms with Crippen molar-refractivity contribution in [3.05, 3.63) is 28.0 Å². The van der Waals surface area contributed by atoms with E-state index in [1.807, 2.05) is 0 Å². The zero-order chi connectivity index (χ0) is 13.5. The molecule has 1 aromatic rings. The molecule has 0 amide bonds. The first-order valence-corrected chi connectivity index (χ1v) is 6.95. The van der Waals surface area contributed by atoms with Gasteiger partial charge < -0.3 is 5.32 Å². The summed E-state index contributed by atoms with van der Waals surface area (Å²) in [5, 5.41) is 3.55. The first-order valence-electron chi connectivity index (χ1n) is 6.19. The van der Waals surface area contributed by atoms with Crippen molar-refractivity contribution in [2.24, 2.45) is 11.3 Å². The van der Waals surface area contributed by atoms with Crippen LogP contribution >= 0.6 is 23.2 Å². The zero-order valence-corrected chi connectivity index (χ0v) is 12.4. The van der Waals surface area contributed by atoms with E-state index in [1.165, 1.54) is 6.42 Å². The highest BCUT2D eigenvalue weighted by molar-refractivity contribution is 6.35. The van der Waals surface area contributed by atoms with Gasteiger partial charge in [0, 0.05) is 11.7 Å². The summed E-state index contributed by atoms with van der Waals surface area (Å²) in [7, 11) is 0. The van der Waals surface area contributed by atoms with Crippen molar-refractivity contribution >= 4 is 28.9 Å². The van der Waals surface area contributed by atoms with Gasteiger partial charge in [0.25, 0.3) is 0 Å². The monoisotopic (exact) mass is 289 g/mol. The maximum Gasteiger partial charge on any atom is 0.160 e. The van der Waals surface area contributed by atoms with Crippen molar-refractivity contribution < 1.29 is 4.39 Å². The predicted molar refractivity (Wildman–Crippen MR) is 76.0 cm³/mol. The molecule has 0 aromatic heterocycles. The van der Waals surface area contributed by atoms with E-state index in [9.17, 15) is 4.39 Å². The van der Waals surface area contributed by atoms with Gasteiger partial charge in [-0.1, -0.05) is 44.0 Å². The van der Waals surface area contributed by atoms with Crippen LogP contribution < -0.4 is 5.32 Å². The Morgan fingerprint density at radius 2 is 1.78 bits per heavy atom. The predicted octanol–water partition coefficient (Wildman–Crippen LogP) is 5.37. The van der Waals surface area contributed by atoms with E-state index in [1.54, 1.807) is 12.1 Å². The summed E-state index contributed by atoms with van der Waals surface area (Å²) in [6.07, 6.45) is 2.29. The fourth-order valence-electron chi connectivity index (χ4n) is 2.94. The van der Waals surface area contributed by atoms with Crippen molar-refractivity contribution in [3.63, 3.8) is 0 Å². The average Bonchev–Trinajstić information content (AvgIpc) is 2.48. The van der Waals surface area contributed by atoms with Gasteiger partial charge in [-0.2, -0.15) is 0 Å². The molecule has 0 aliphatic heterocycles. The Balaban J connectivity index is 2.15. The van der Waals surface area contributed by atoms with Crippen LogP contribution in [0.5, 0.6) is 0 Å². The Labute approximate surface area is 118 Å². The molecule has 0 radical (unpaired) electrons. The third-order valence-electron chi connectivity index (χ3n) is 3.67. The molecule has 1 aliphatic carbocycles. The molecule has 4 heteroatoms.